The van der Waals surface area contributed by atoms with Crippen molar-refractivity contribution in [1.29, 1.82) is 0 Å². The highest BCUT2D eigenvalue weighted by molar-refractivity contribution is 7.99. The molecule has 9 heteroatoms. The van der Waals surface area contributed by atoms with Crippen LogP contribution in [0.5, 0.6) is 0 Å². The molecule has 1 amide bonds. The van der Waals surface area contributed by atoms with Crippen molar-refractivity contribution in [1.82, 2.24) is 19.6 Å². The first-order chi connectivity index (χ1) is 14.6. The number of hydrogen-bond donors (Lipinski definition) is 1. The van der Waals surface area contributed by atoms with E-state index >= 15 is 0 Å². The molecule has 5 rings (SSSR count). The maximum absolute atomic E-state index is 14.2. The van der Waals surface area contributed by atoms with Crippen molar-refractivity contribution in [3.8, 4) is 11.4 Å². The van der Waals surface area contributed by atoms with Crippen LogP contribution in [0.25, 0.3) is 17.0 Å². The topological polar surface area (TPSA) is 83.4 Å². The Morgan fingerprint density at radius 2 is 1.93 bits per heavy atom. The molecule has 0 radical (unpaired) electrons. The van der Waals surface area contributed by atoms with E-state index in [-0.39, 0.29) is 28.6 Å². The lowest BCUT2D eigenvalue weighted by atomic mass is 10.2. The Kier molecular flexibility index (Phi) is 4.59. The lowest BCUT2D eigenvalue weighted by Gasteiger charge is -2.17. The average molecular weight is 421 g/mol. The average Bonchev–Trinajstić information content (AvgIpc) is 3.34. The van der Waals surface area contributed by atoms with Crippen LogP contribution in [0.1, 0.15) is 5.56 Å². The normalized spacial score (nSPS) is 13.0. The van der Waals surface area contributed by atoms with Crippen molar-refractivity contribution in [3.05, 3.63) is 76.3 Å². The van der Waals surface area contributed by atoms with Gasteiger partial charge in [-0.1, -0.05) is 42.1 Å². The van der Waals surface area contributed by atoms with Gasteiger partial charge in [0.2, 0.25) is 5.91 Å². The van der Waals surface area contributed by atoms with E-state index in [1.54, 1.807) is 23.1 Å². The van der Waals surface area contributed by atoms with Crippen molar-refractivity contribution >= 4 is 29.0 Å². The van der Waals surface area contributed by atoms with E-state index in [2.05, 4.69) is 15.1 Å². The Labute approximate surface area is 174 Å². The van der Waals surface area contributed by atoms with Crippen LogP contribution in [-0.2, 0) is 11.2 Å². The zero-order chi connectivity index (χ0) is 20.7. The molecule has 4 aromatic rings. The minimum Gasteiger partial charge on any atom is -0.311 e. The summed E-state index contributed by atoms with van der Waals surface area (Å²) < 4.78 is 15.7. The number of hydrogen-bond acceptors (Lipinski definition) is 5. The largest absolute Gasteiger partial charge is 0.311 e. The van der Waals surface area contributed by atoms with Crippen LogP contribution >= 0.6 is 11.8 Å². The number of anilines is 1. The van der Waals surface area contributed by atoms with E-state index in [4.69, 9.17) is 0 Å². The molecule has 2 aromatic carbocycles. The highest BCUT2D eigenvalue weighted by Crippen LogP contribution is 2.29. The summed E-state index contributed by atoms with van der Waals surface area (Å²) >= 11 is 1.18. The first-order valence-corrected chi connectivity index (χ1v) is 10.3. The lowest BCUT2D eigenvalue weighted by Crippen LogP contribution is -2.30. The monoisotopic (exact) mass is 421 g/mol. The van der Waals surface area contributed by atoms with Crippen molar-refractivity contribution in [3.63, 3.8) is 0 Å². The molecule has 0 saturated heterocycles. The number of halogens is 1. The number of benzene rings is 2. The SMILES string of the molecule is O=C(CSc1nc(-c2ccccc2F)nc2cc(=O)[nH]n12)N1CCc2ccccc21. The highest BCUT2D eigenvalue weighted by Gasteiger charge is 2.24. The number of para-hydroxylation sites is 1. The number of thioether (sulfide) groups is 1. The van der Waals surface area contributed by atoms with E-state index in [9.17, 15) is 14.0 Å². The molecule has 0 aliphatic carbocycles. The summed E-state index contributed by atoms with van der Waals surface area (Å²) in [6, 6.07) is 15.3. The Balaban J connectivity index is 1.46. The third-order valence-corrected chi connectivity index (χ3v) is 5.88. The van der Waals surface area contributed by atoms with Gasteiger partial charge < -0.3 is 4.90 Å². The van der Waals surface area contributed by atoms with Crippen molar-refractivity contribution < 1.29 is 9.18 Å². The molecule has 1 N–H and O–H groups in total. The number of aromatic nitrogens is 4. The lowest BCUT2D eigenvalue weighted by molar-refractivity contribution is -0.116. The first-order valence-electron chi connectivity index (χ1n) is 9.36. The molecular formula is C21H16FN5O2S. The molecule has 0 spiro atoms. The molecule has 0 fully saturated rings. The Morgan fingerprint density at radius 3 is 2.80 bits per heavy atom. The van der Waals surface area contributed by atoms with Gasteiger partial charge >= 0.3 is 0 Å². The first kappa shape index (κ1) is 18.6. The molecule has 0 saturated carbocycles. The Bertz CT molecular complexity index is 1330. The van der Waals surface area contributed by atoms with Gasteiger partial charge in [-0.2, -0.15) is 0 Å². The van der Waals surface area contributed by atoms with Crippen LogP contribution in [-0.4, -0.2) is 37.8 Å². The summed E-state index contributed by atoms with van der Waals surface area (Å²) in [4.78, 5) is 35.2. The van der Waals surface area contributed by atoms with Crippen LogP contribution in [0, 0.1) is 5.82 Å². The van der Waals surface area contributed by atoms with E-state index in [0.29, 0.717) is 17.3 Å². The van der Waals surface area contributed by atoms with E-state index < -0.39 is 5.82 Å². The van der Waals surface area contributed by atoms with Gasteiger partial charge in [0, 0.05) is 18.3 Å². The number of aromatic amines is 1. The van der Waals surface area contributed by atoms with Crippen LogP contribution in [0.3, 0.4) is 0 Å². The summed E-state index contributed by atoms with van der Waals surface area (Å²) in [5.74, 6) is -0.232. The molecule has 0 unspecified atom stereocenters. The number of fused-ring (bicyclic) bond motifs is 2. The van der Waals surface area contributed by atoms with Gasteiger partial charge in [-0.05, 0) is 30.2 Å². The van der Waals surface area contributed by atoms with E-state index in [1.807, 2.05) is 24.3 Å². The molecule has 0 bridgehead atoms. The van der Waals surface area contributed by atoms with Crippen molar-refractivity contribution in [2.24, 2.45) is 0 Å². The zero-order valence-corrected chi connectivity index (χ0v) is 16.5. The minimum absolute atomic E-state index is 0.0568. The number of amides is 1. The maximum atomic E-state index is 14.2. The standard InChI is InChI=1S/C21H16FN5O2S/c22-15-7-3-2-6-14(15)20-23-17-11-18(28)25-27(17)21(24-20)30-12-19(29)26-10-9-13-5-1-4-8-16(13)26/h1-8,11H,9-10,12H2,(H,25,28). The van der Waals surface area contributed by atoms with Gasteiger partial charge in [0.05, 0.1) is 11.3 Å². The number of nitrogens with one attached hydrogen (secondary N) is 1. The van der Waals surface area contributed by atoms with Gasteiger partial charge in [-0.15, -0.1) is 0 Å². The summed E-state index contributed by atoms with van der Waals surface area (Å²) in [5, 5.41) is 2.99. The van der Waals surface area contributed by atoms with Gasteiger partial charge in [0.1, 0.15) is 5.82 Å². The number of nitrogens with zero attached hydrogens (tertiary/aromatic N) is 4. The molecule has 30 heavy (non-hydrogen) atoms. The zero-order valence-electron chi connectivity index (χ0n) is 15.7. The van der Waals surface area contributed by atoms with Gasteiger partial charge in [-0.25, -0.2) is 18.9 Å². The third-order valence-electron chi connectivity index (χ3n) is 4.95. The van der Waals surface area contributed by atoms with E-state index in [0.717, 1.165) is 17.7 Å². The molecule has 7 nitrogen and oxygen atoms in total. The fourth-order valence-corrected chi connectivity index (χ4v) is 4.37. The summed E-state index contributed by atoms with van der Waals surface area (Å²) in [6.07, 6.45) is 0.826. The summed E-state index contributed by atoms with van der Waals surface area (Å²) in [6.45, 7) is 0.638. The second-order valence-corrected chi connectivity index (χ2v) is 7.78. The Hall–Kier alpha value is -3.46. The predicted molar refractivity (Wildman–Crippen MR) is 112 cm³/mol. The molecule has 150 valence electrons. The highest BCUT2D eigenvalue weighted by atomic mass is 32.2. The number of rotatable bonds is 4. The maximum Gasteiger partial charge on any atom is 0.266 e. The van der Waals surface area contributed by atoms with E-state index in [1.165, 1.54) is 28.4 Å². The fourth-order valence-electron chi connectivity index (χ4n) is 3.55. The molecule has 2 aromatic heterocycles. The number of carbonyl (C=O) groups is 1. The summed E-state index contributed by atoms with van der Waals surface area (Å²) in [5.41, 5.74) is 2.27. The van der Waals surface area contributed by atoms with Gasteiger partial charge in [0.25, 0.3) is 5.56 Å². The smallest absolute Gasteiger partial charge is 0.266 e. The van der Waals surface area contributed by atoms with Gasteiger partial charge in [0.15, 0.2) is 16.6 Å². The second-order valence-electron chi connectivity index (χ2n) is 6.84. The van der Waals surface area contributed by atoms with Crippen LogP contribution in [0.2, 0.25) is 0 Å². The molecule has 0 atom stereocenters. The van der Waals surface area contributed by atoms with Gasteiger partial charge in [-0.3, -0.25) is 14.7 Å². The van der Waals surface area contributed by atoms with Crippen LogP contribution in [0.15, 0.2) is 64.5 Å². The van der Waals surface area contributed by atoms with Crippen molar-refractivity contribution in [2.45, 2.75) is 11.6 Å². The van der Waals surface area contributed by atoms with Crippen LogP contribution < -0.4 is 10.5 Å². The van der Waals surface area contributed by atoms with Crippen molar-refractivity contribution in [2.75, 3.05) is 17.2 Å². The molecule has 3 heterocycles. The predicted octanol–water partition coefficient (Wildman–Crippen LogP) is 2.91. The Morgan fingerprint density at radius 1 is 1.13 bits per heavy atom. The quantitative estimate of drug-likeness (QED) is 0.513. The molecular weight excluding hydrogens is 405 g/mol. The second kappa shape index (κ2) is 7.42. The molecule has 1 aliphatic heterocycles. The summed E-state index contributed by atoms with van der Waals surface area (Å²) in [7, 11) is 0. The van der Waals surface area contributed by atoms with Crippen LogP contribution in [0.4, 0.5) is 10.1 Å². The minimum atomic E-state index is -0.458. The third kappa shape index (κ3) is 3.26. The number of carbonyl (C=O) groups excluding carboxylic acids is 1. The fraction of sp³-hybridized carbons (Fsp3) is 0.143. The number of H-pyrrole nitrogens is 1. The molecule has 1 aliphatic rings.